The van der Waals surface area contributed by atoms with Gasteiger partial charge in [0.25, 0.3) is 0 Å². The quantitative estimate of drug-likeness (QED) is 0.308. The number of nitrogens with one attached hydrogen (secondary N) is 1. The monoisotopic (exact) mass is 478 g/mol. The number of hydrogen-bond acceptors (Lipinski definition) is 4. The van der Waals surface area contributed by atoms with Crippen LogP contribution < -0.4 is 5.32 Å². The van der Waals surface area contributed by atoms with Crippen LogP contribution in [0.4, 0.5) is 5.82 Å². The van der Waals surface area contributed by atoms with Crippen LogP contribution in [0.15, 0.2) is 59.2 Å². The lowest BCUT2D eigenvalue weighted by molar-refractivity contribution is 0.0652. The minimum Gasteiger partial charge on any atom is -0.364 e. The van der Waals surface area contributed by atoms with Gasteiger partial charge in [0.05, 0.1) is 12.1 Å². The maximum atomic E-state index is 5.97. The smallest absolute Gasteiger partial charge is 0.155 e. The first-order valence-corrected chi connectivity index (χ1v) is 11.3. The standard InChI is InChI=1S/C25H27BrN4O/c1-4-20-12-8-9-17(2)21(20)14-27-25-24-22(13-23(26)29-25)30(18(3)28-24)16-31-15-19-10-6-5-7-11-19/h5-13H,4,14-16H2,1-3H3,(H,27,29). The van der Waals surface area contributed by atoms with Gasteiger partial charge < -0.3 is 14.6 Å². The van der Waals surface area contributed by atoms with Gasteiger partial charge in [0.15, 0.2) is 5.82 Å². The van der Waals surface area contributed by atoms with E-state index in [4.69, 9.17) is 9.72 Å². The second kappa shape index (κ2) is 9.62. The number of fused-ring (bicyclic) bond motifs is 1. The number of nitrogens with zero attached hydrogens (tertiary/aromatic N) is 3. The zero-order chi connectivity index (χ0) is 21.8. The summed E-state index contributed by atoms with van der Waals surface area (Å²) < 4.78 is 8.83. The molecule has 0 unspecified atom stereocenters. The van der Waals surface area contributed by atoms with Crippen molar-refractivity contribution in [3.8, 4) is 0 Å². The van der Waals surface area contributed by atoms with Crippen LogP contribution in [0.3, 0.4) is 0 Å². The predicted octanol–water partition coefficient (Wildman–Crippen LogP) is 6.16. The molecule has 0 aliphatic heterocycles. The Hall–Kier alpha value is -2.70. The second-order valence-corrected chi connectivity index (χ2v) is 8.44. The Morgan fingerprint density at radius 2 is 1.84 bits per heavy atom. The fourth-order valence-electron chi connectivity index (χ4n) is 3.84. The third-order valence-corrected chi connectivity index (χ3v) is 5.96. The number of imidazole rings is 1. The van der Waals surface area contributed by atoms with Crippen LogP contribution >= 0.6 is 15.9 Å². The van der Waals surface area contributed by atoms with Crippen molar-refractivity contribution in [2.75, 3.05) is 5.32 Å². The Bertz CT molecular complexity index is 1190. The van der Waals surface area contributed by atoms with Gasteiger partial charge in [-0.2, -0.15) is 0 Å². The van der Waals surface area contributed by atoms with Crippen molar-refractivity contribution in [1.82, 2.24) is 14.5 Å². The van der Waals surface area contributed by atoms with Gasteiger partial charge in [-0.15, -0.1) is 0 Å². The molecule has 31 heavy (non-hydrogen) atoms. The van der Waals surface area contributed by atoms with Gasteiger partial charge in [-0.1, -0.05) is 55.5 Å². The van der Waals surface area contributed by atoms with Crippen LogP contribution in [0.1, 0.15) is 35.0 Å². The van der Waals surface area contributed by atoms with E-state index in [0.29, 0.717) is 19.9 Å². The second-order valence-electron chi connectivity index (χ2n) is 7.63. The highest BCUT2D eigenvalue weighted by atomic mass is 79.9. The van der Waals surface area contributed by atoms with Gasteiger partial charge >= 0.3 is 0 Å². The largest absolute Gasteiger partial charge is 0.364 e. The normalized spacial score (nSPS) is 11.2. The molecule has 160 valence electrons. The molecule has 0 saturated heterocycles. The van der Waals surface area contributed by atoms with E-state index in [9.17, 15) is 0 Å². The predicted molar refractivity (Wildman–Crippen MR) is 129 cm³/mol. The van der Waals surface area contributed by atoms with Crippen LogP contribution in [0, 0.1) is 13.8 Å². The van der Waals surface area contributed by atoms with Gasteiger partial charge in [-0.05, 0) is 64.5 Å². The Balaban J connectivity index is 1.57. The molecule has 0 radical (unpaired) electrons. The molecule has 0 saturated carbocycles. The van der Waals surface area contributed by atoms with E-state index in [1.165, 1.54) is 16.7 Å². The van der Waals surface area contributed by atoms with E-state index in [-0.39, 0.29) is 0 Å². The van der Waals surface area contributed by atoms with Crippen molar-refractivity contribution in [3.63, 3.8) is 0 Å². The molecule has 0 bridgehead atoms. The number of rotatable bonds is 8. The zero-order valence-corrected chi connectivity index (χ0v) is 19.7. The van der Waals surface area contributed by atoms with Gasteiger partial charge in [0, 0.05) is 6.54 Å². The third-order valence-electron chi connectivity index (χ3n) is 5.55. The summed E-state index contributed by atoms with van der Waals surface area (Å²) in [6, 6.07) is 18.7. The molecule has 0 amide bonds. The molecule has 0 aliphatic rings. The molecule has 0 atom stereocenters. The molecule has 4 rings (SSSR count). The minimum absolute atomic E-state index is 0.435. The summed E-state index contributed by atoms with van der Waals surface area (Å²) in [5, 5.41) is 3.53. The summed E-state index contributed by atoms with van der Waals surface area (Å²) in [7, 11) is 0. The molecule has 0 spiro atoms. The van der Waals surface area contributed by atoms with Crippen LogP contribution in [0.25, 0.3) is 11.0 Å². The van der Waals surface area contributed by atoms with Crippen molar-refractivity contribution in [2.24, 2.45) is 0 Å². The number of pyridine rings is 1. The summed E-state index contributed by atoms with van der Waals surface area (Å²) in [5.41, 5.74) is 6.97. The number of ether oxygens (including phenoxy) is 1. The van der Waals surface area contributed by atoms with Crippen molar-refractivity contribution < 1.29 is 4.74 Å². The first-order chi connectivity index (χ1) is 15.1. The Morgan fingerprint density at radius 1 is 1.03 bits per heavy atom. The Labute approximate surface area is 191 Å². The molecular weight excluding hydrogens is 452 g/mol. The van der Waals surface area contributed by atoms with Crippen LogP contribution in [0.5, 0.6) is 0 Å². The molecule has 0 aliphatic carbocycles. The van der Waals surface area contributed by atoms with Gasteiger partial charge in [-0.3, -0.25) is 0 Å². The maximum absolute atomic E-state index is 5.97. The number of aromatic nitrogens is 3. The Kier molecular flexibility index (Phi) is 6.68. The molecule has 0 fully saturated rings. The van der Waals surface area contributed by atoms with E-state index in [0.717, 1.165) is 39.3 Å². The van der Waals surface area contributed by atoms with Crippen molar-refractivity contribution in [1.29, 1.82) is 0 Å². The Morgan fingerprint density at radius 3 is 2.61 bits per heavy atom. The summed E-state index contributed by atoms with van der Waals surface area (Å²) >= 11 is 3.57. The first-order valence-electron chi connectivity index (χ1n) is 10.5. The molecule has 1 N–H and O–H groups in total. The highest BCUT2D eigenvalue weighted by Gasteiger charge is 2.15. The average Bonchev–Trinajstić information content (AvgIpc) is 3.08. The lowest BCUT2D eigenvalue weighted by atomic mass is 10.00. The van der Waals surface area contributed by atoms with Crippen molar-refractivity contribution in [3.05, 3.63) is 87.3 Å². The summed E-state index contributed by atoms with van der Waals surface area (Å²) in [6.45, 7) is 8.05. The third kappa shape index (κ3) is 4.81. The summed E-state index contributed by atoms with van der Waals surface area (Å²) in [6.07, 6.45) is 1.01. The number of benzene rings is 2. The van der Waals surface area contributed by atoms with Gasteiger partial charge in [0.1, 0.15) is 22.7 Å². The molecule has 2 aromatic heterocycles. The molecular formula is C25H27BrN4O. The zero-order valence-electron chi connectivity index (χ0n) is 18.2. The molecule has 2 aromatic carbocycles. The maximum Gasteiger partial charge on any atom is 0.155 e. The number of anilines is 1. The van der Waals surface area contributed by atoms with E-state index in [1.807, 2.05) is 31.2 Å². The topological polar surface area (TPSA) is 52.0 Å². The van der Waals surface area contributed by atoms with Gasteiger partial charge in [-0.25, -0.2) is 9.97 Å². The highest BCUT2D eigenvalue weighted by molar-refractivity contribution is 9.10. The van der Waals surface area contributed by atoms with E-state index in [2.05, 4.69) is 75.0 Å². The van der Waals surface area contributed by atoms with Crippen LogP contribution in [-0.2, 0) is 31.0 Å². The van der Waals surface area contributed by atoms with E-state index >= 15 is 0 Å². The lowest BCUT2D eigenvalue weighted by Crippen LogP contribution is -2.07. The molecule has 4 aromatic rings. The fraction of sp³-hybridized carbons (Fsp3) is 0.280. The average molecular weight is 479 g/mol. The summed E-state index contributed by atoms with van der Waals surface area (Å²) in [4.78, 5) is 9.47. The van der Waals surface area contributed by atoms with E-state index < -0.39 is 0 Å². The number of aryl methyl sites for hydroxylation is 3. The lowest BCUT2D eigenvalue weighted by Gasteiger charge is -2.14. The SMILES string of the molecule is CCc1cccc(C)c1CNc1nc(Br)cc2c1nc(C)n2COCc1ccccc1. The molecule has 6 heteroatoms. The number of hydrogen-bond donors (Lipinski definition) is 1. The van der Waals surface area contributed by atoms with E-state index in [1.54, 1.807) is 0 Å². The van der Waals surface area contributed by atoms with Crippen LogP contribution in [-0.4, -0.2) is 14.5 Å². The van der Waals surface area contributed by atoms with Crippen molar-refractivity contribution >= 4 is 32.8 Å². The van der Waals surface area contributed by atoms with Crippen LogP contribution in [0.2, 0.25) is 0 Å². The molecule has 2 heterocycles. The van der Waals surface area contributed by atoms with Gasteiger partial charge in [0.2, 0.25) is 0 Å². The van der Waals surface area contributed by atoms with Crippen molar-refractivity contribution in [2.45, 2.75) is 47.1 Å². The summed E-state index contributed by atoms with van der Waals surface area (Å²) in [5.74, 6) is 1.68. The highest BCUT2D eigenvalue weighted by Crippen LogP contribution is 2.27. The first kappa shape index (κ1) is 21.5. The minimum atomic E-state index is 0.435. The molecule has 5 nitrogen and oxygen atoms in total. The fourth-order valence-corrected chi connectivity index (χ4v) is 4.24. The number of halogens is 1.